The highest BCUT2D eigenvalue weighted by Crippen LogP contribution is 2.44. The number of aliphatic imine (C=N–C) groups is 1. The fraction of sp³-hybridized carbons (Fsp3) is 0.292. The maximum Gasteiger partial charge on any atom is 0.271 e. The van der Waals surface area contributed by atoms with Crippen LogP contribution in [0.1, 0.15) is 48.0 Å². The zero-order valence-electron chi connectivity index (χ0n) is 17.0. The number of nitrogens with zero attached hydrogens (tertiary/aromatic N) is 3. The molecule has 6 nitrogen and oxygen atoms in total. The van der Waals surface area contributed by atoms with E-state index in [9.17, 15) is 4.79 Å². The smallest absolute Gasteiger partial charge is 0.271 e. The van der Waals surface area contributed by atoms with Crippen molar-refractivity contribution in [1.29, 1.82) is 0 Å². The Morgan fingerprint density at radius 2 is 1.80 bits per heavy atom. The lowest BCUT2D eigenvalue weighted by atomic mass is 9.72. The van der Waals surface area contributed by atoms with Gasteiger partial charge < -0.3 is 11.1 Å². The molecule has 2 aromatic carbocycles. The number of amidine groups is 1. The maximum atomic E-state index is 12.1. The molecule has 2 unspecified atom stereocenters. The maximum absolute atomic E-state index is 12.1. The first-order valence-corrected chi connectivity index (χ1v) is 10.4. The van der Waals surface area contributed by atoms with Crippen molar-refractivity contribution in [3.05, 3.63) is 83.4 Å². The average molecular weight is 399 g/mol. The number of nitrogens with one attached hydrogen (secondary N) is 1. The number of hydrogen-bond donors (Lipinski definition) is 2. The minimum atomic E-state index is -0.210. The van der Waals surface area contributed by atoms with E-state index in [-0.39, 0.29) is 23.5 Å². The Kier molecular flexibility index (Phi) is 4.51. The third-order valence-electron chi connectivity index (χ3n) is 6.35. The molecule has 2 heterocycles. The summed E-state index contributed by atoms with van der Waals surface area (Å²) in [7, 11) is 1.61. The first kappa shape index (κ1) is 18.8. The van der Waals surface area contributed by atoms with Gasteiger partial charge >= 0.3 is 0 Å². The summed E-state index contributed by atoms with van der Waals surface area (Å²) < 4.78 is 0. The second-order valence-corrected chi connectivity index (χ2v) is 8.16. The lowest BCUT2D eigenvalue weighted by molar-refractivity contribution is -0.114. The van der Waals surface area contributed by atoms with Gasteiger partial charge in [0.2, 0.25) is 0 Å². The van der Waals surface area contributed by atoms with Crippen LogP contribution in [0.4, 0.5) is 0 Å². The van der Waals surface area contributed by atoms with E-state index >= 15 is 0 Å². The number of carbonyl (C=O) groups excluding carboxylic acids is 1. The van der Waals surface area contributed by atoms with E-state index in [1.165, 1.54) is 12.0 Å². The third-order valence-corrected chi connectivity index (χ3v) is 6.35. The lowest BCUT2D eigenvalue weighted by Crippen LogP contribution is -2.43. The second kappa shape index (κ2) is 7.22. The summed E-state index contributed by atoms with van der Waals surface area (Å²) >= 11 is 0. The average Bonchev–Trinajstić information content (AvgIpc) is 3.16. The highest BCUT2D eigenvalue weighted by molar-refractivity contribution is 6.44. The number of amides is 1. The van der Waals surface area contributed by atoms with Crippen LogP contribution in [0.15, 0.2) is 76.8 Å². The lowest BCUT2D eigenvalue weighted by Gasteiger charge is -2.38. The Balaban J connectivity index is 1.53. The largest absolute Gasteiger partial charge is 0.354 e. The highest BCUT2D eigenvalue weighted by Gasteiger charge is 2.40. The monoisotopic (exact) mass is 399 g/mol. The summed E-state index contributed by atoms with van der Waals surface area (Å²) in [4.78, 5) is 17.1. The van der Waals surface area contributed by atoms with Gasteiger partial charge in [0, 0.05) is 12.6 Å². The second-order valence-electron chi connectivity index (χ2n) is 8.16. The molecule has 5 rings (SSSR count). The molecule has 0 bridgehead atoms. The molecule has 2 aromatic rings. The topological polar surface area (TPSA) is 83.1 Å². The molecule has 1 saturated carbocycles. The van der Waals surface area contributed by atoms with E-state index in [0.717, 1.165) is 29.8 Å². The number of hydrogen-bond acceptors (Lipinski definition) is 5. The molecule has 30 heavy (non-hydrogen) atoms. The van der Waals surface area contributed by atoms with Gasteiger partial charge in [0.05, 0.1) is 0 Å². The molecule has 0 spiro atoms. The van der Waals surface area contributed by atoms with Crippen LogP contribution in [0.2, 0.25) is 0 Å². The summed E-state index contributed by atoms with van der Waals surface area (Å²) in [6.07, 6.45) is 6.86. The Bertz CT molecular complexity index is 1050. The molecule has 1 fully saturated rings. The van der Waals surface area contributed by atoms with Crippen LogP contribution in [0, 0.1) is 0 Å². The molecular weight excluding hydrogens is 374 g/mol. The molecular formula is C24H25N5O. The van der Waals surface area contributed by atoms with Crippen molar-refractivity contribution < 1.29 is 4.79 Å². The predicted octanol–water partition coefficient (Wildman–Crippen LogP) is 3.19. The Morgan fingerprint density at radius 1 is 1.07 bits per heavy atom. The minimum Gasteiger partial charge on any atom is -0.354 e. The van der Waals surface area contributed by atoms with Crippen molar-refractivity contribution in [2.45, 2.75) is 36.9 Å². The SMILES string of the molecule is CNC(=O)C1=NN2C(=NC(c3ccc(C4(N)CCC4)cc3)C2c2ccccc2)C=C1. The van der Waals surface area contributed by atoms with E-state index in [1.54, 1.807) is 13.1 Å². The van der Waals surface area contributed by atoms with Gasteiger partial charge in [-0.1, -0.05) is 54.6 Å². The molecule has 0 saturated heterocycles. The van der Waals surface area contributed by atoms with Crippen molar-refractivity contribution in [3.8, 4) is 0 Å². The number of rotatable bonds is 4. The van der Waals surface area contributed by atoms with Crippen LogP contribution in [-0.2, 0) is 10.3 Å². The summed E-state index contributed by atoms with van der Waals surface area (Å²) in [5.74, 6) is 0.554. The fourth-order valence-electron chi connectivity index (χ4n) is 4.42. The number of hydrazone groups is 1. The number of fused-ring (bicyclic) bond motifs is 1. The number of benzene rings is 2. The molecule has 1 aliphatic carbocycles. The first-order chi connectivity index (χ1) is 14.6. The summed E-state index contributed by atoms with van der Waals surface area (Å²) in [5, 5.41) is 9.14. The molecule has 1 amide bonds. The van der Waals surface area contributed by atoms with Gasteiger partial charge in [0.1, 0.15) is 23.6 Å². The van der Waals surface area contributed by atoms with Crippen molar-refractivity contribution in [2.24, 2.45) is 15.8 Å². The van der Waals surface area contributed by atoms with Gasteiger partial charge in [-0.05, 0) is 48.1 Å². The van der Waals surface area contributed by atoms with Crippen molar-refractivity contribution in [2.75, 3.05) is 7.05 Å². The van der Waals surface area contributed by atoms with Crippen LogP contribution in [0.25, 0.3) is 0 Å². The standard InChI is InChI=1S/C24H25N5O/c1-26-23(30)19-12-13-20-27-21(22(29(20)28-19)17-6-3-2-4-7-17)16-8-10-18(11-9-16)24(25)14-5-15-24/h2-4,6-13,21-22H,5,14-15,25H2,1H3,(H,26,30). The van der Waals surface area contributed by atoms with Gasteiger partial charge in [-0.25, -0.2) is 5.01 Å². The fourth-order valence-corrected chi connectivity index (χ4v) is 4.42. The van der Waals surface area contributed by atoms with Crippen molar-refractivity contribution >= 4 is 17.5 Å². The van der Waals surface area contributed by atoms with Crippen molar-refractivity contribution in [3.63, 3.8) is 0 Å². The zero-order valence-corrected chi connectivity index (χ0v) is 17.0. The third kappa shape index (κ3) is 3.04. The molecule has 0 radical (unpaired) electrons. The summed E-state index contributed by atoms with van der Waals surface area (Å²) in [5.41, 5.74) is 10.1. The van der Waals surface area contributed by atoms with E-state index in [4.69, 9.17) is 10.7 Å². The van der Waals surface area contributed by atoms with Gasteiger partial charge in [0.25, 0.3) is 5.91 Å². The number of nitrogens with two attached hydrogens (primary N) is 1. The van der Waals surface area contributed by atoms with E-state index in [0.29, 0.717) is 5.71 Å². The van der Waals surface area contributed by atoms with Crippen molar-refractivity contribution in [1.82, 2.24) is 10.3 Å². The molecule has 6 heteroatoms. The normalized spacial score (nSPS) is 23.9. The van der Waals surface area contributed by atoms with E-state index in [1.807, 2.05) is 29.3 Å². The van der Waals surface area contributed by atoms with Crippen LogP contribution in [-0.4, -0.2) is 29.5 Å². The highest BCUT2D eigenvalue weighted by atomic mass is 16.1. The molecule has 2 atom stereocenters. The van der Waals surface area contributed by atoms with Gasteiger partial charge in [-0.15, -0.1) is 0 Å². The molecule has 0 aromatic heterocycles. The minimum absolute atomic E-state index is 0.118. The number of carbonyl (C=O) groups is 1. The predicted molar refractivity (Wildman–Crippen MR) is 118 cm³/mol. The van der Waals surface area contributed by atoms with Gasteiger partial charge in [-0.3, -0.25) is 9.79 Å². The molecule has 3 aliphatic rings. The van der Waals surface area contributed by atoms with E-state index in [2.05, 4.69) is 46.8 Å². The van der Waals surface area contributed by atoms with Crippen LogP contribution in [0.5, 0.6) is 0 Å². The Morgan fingerprint density at radius 3 is 2.43 bits per heavy atom. The summed E-state index contributed by atoms with van der Waals surface area (Å²) in [6, 6.07) is 18.5. The van der Waals surface area contributed by atoms with Crippen LogP contribution < -0.4 is 11.1 Å². The van der Waals surface area contributed by atoms with Crippen LogP contribution in [0.3, 0.4) is 0 Å². The van der Waals surface area contributed by atoms with Gasteiger partial charge in [-0.2, -0.15) is 5.10 Å². The Hall–Kier alpha value is -3.25. The van der Waals surface area contributed by atoms with Gasteiger partial charge in [0.15, 0.2) is 0 Å². The molecule has 2 aliphatic heterocycles. The van der Waals surface area contributed by atoms with E-state index < -0.39 is 0 Å². The zero-order chi connectivity index (χ0) is 20.7. The summed E-state index contributed by atoms with van der Waals surface area (Å²) in [6.45, 7) is 0. The van der Waals surface area contributed by atoms with Crippen LogP contribution >= 0.6 is 0 Å². The Labute approximate surface area is 176 Å². The molecule has 3 N–H and O–H groups in total. The molecule has 152 valence electrons. The first-order valence-electron chi connectivity index (χ1n) is 10.4. The quantitative estimate of drug-likeness (QED) is 0.828.